The third-order valence-corrected chi connectivity index (χ3v) is 19.9. The zero-order valence-electron chi connectivity index (χ0n) is 72.0. The topological polar surface area (TPSA) is 378 Å². The van der Waals surface area contributed by atoms with Crippen molar-refractivity contribution >= 4 is 94.6 Å². The minimum atomic E-state index is -0.656. The normalized spacial score (nSPS) is 12.3. The van der Waals surface area contributed by atoms with E-state index in [1.54, 1.807) is 37.5 Å². The van der Waals surface area contributed by atoms with Gasteiger partial charge in [-0.1, -0.05) is 170 Å². The molecular weight excluding hydrogens is 1560 g/mol. The van der Waals surface area contributed by atoms with E-state index in [1.165, 1.54) is 0 Å². The number of aryl methyl sites for hydroxylation is 4. The van der Waals surface area contributed by atoms with Crippen LogP contribution < -0.4 is 40.9 Å². The average Bonchev–Trinajstić information content (AvgIpc) is 0.835. The van der Waals surface area contributed by atoms with E-state index >= 15 is 0 Å². The first-order chi connectivity index (χ1) is 60.1. The molecular formula is C96H116N20O8. The van der Waals surface area contributed by atoms with Crippen LogP contribution >= 0.6 is 0 Å². The molecule has 4 unspecified atom stereocenters. The van der Waals surface area contributed by atoms with Crippen molar-refractivity contribution in [3.63, 3.8) is 0 Å². The quantitative estimate of drug-likeness (QED) is 0.0158. The van der Waals surface area contributed by atoms with Crippen molar-refractivity contribution in [3.05, 3.63) is 284 Å². The van der Waals surface area contributed by atoms with Gasteiger partial charge in [0.05, 0.1) is 24.4 Å². The first-order valence-electron chi connectivity index (χ1n) is 42.3. The van der Waals surface area contributed by atoms with Gasteiger partial charge in [-0.3, -0.25) is 0 Å². The Labute approximate surface area is 726 Å². The number of nitrogens with zero attached hydrogens (tertiary/aromatic N) is 16. The van der Waals surface area contributed by atoms with Gasteiger partial charge in [-0.05, 0) is 196 Å². The van der Waals surface area contributed by atoms with Crippen LogP contribution in [-0.2, 0) is 25.7 Å². The maximum absolute atomic E-state index is 10.2. The van der Waals surface area contributed by atoms with E-state index in [1.807, 2.05) is 149 Å². The van der Waals surface area contributed by atoms with E-state index in [0.717, 1.165) is 89.5 Å². The molecule has 0 radical (unpaired) electrons. The summed E-state index contributed by atoms with van der Waals surface area (Å²) in [7, 11) is 0. The molecule has 0 aliphatic rings. The Bertz CT molecular complexity index is 5020. The van der Waals surface area contributed by atoms with Gasteiger partial charge in [0.25, 0.3) is 0 Å². The molecule has 4 atom stereocenters. The van der Waals surface area contributed by atoms with Crippen LogP contribution in [0.4, 0.5) is 70.3 Å². The fourth-order valence-electron chi connectivity index (χ4n) is 13.9. The number of aliphatic hydroxyl groups is 8. The molecule has 4 heterocycles. The highest BCUT2D eigenvalue weighted by molar-refractivity contribution is 5.76. The zero-order valence-corrected chi connectivity index (χ0v) is 72.0. The molecule has 0 amide bonds. The highest BCUT2D eigenvalue weighted by atomic mass is 16.3. The predicted octanol–water partition coefficient (Wildman–Crippen LogP) is 13.3. The fraction of sp³-hybridized carbons (Fsp3) is 0.333. The fourth-order valence-corrected chi connectivity index (χ4v) is 13.9. The Morgan fingerprint density at radius 1 is 0.274 bits per heavy atom. The van der Waals surface area contributed by atoms with Gasteiger partial charge < -0.3 is 81.7 Å². The lowest BCUT2D eigenvalue weighted by Crippen LogP contribution is -2.38. The molecule has 8 aromatic carbocycles. The second kappa shape index (κ2) is 47.1. The Morgan fingerprint density at radius 3 is 0.790 bits per heavy atom. The molecule has 4 aromatic heterocycles. The van der Waals surface area contributed by atoms with Crippen LogP contribution in [0.1, 0.15) is 143 Å². The van der Waals surface area contributed by atoms with Gasteiger partial charge >= 0.3 is 0 Å². The number of hydrogen-bond donors (Lipinski definition) is 12. The molecule has 12 aromatic rings. The molecule has 648 valence electrons. The van der Waals surface area contributed by atoms with Crippen molar-refractivity contribution < 1.29 is 40.9 Å². The van der Waals surface area contributed by atoms with Crippen LogP contribution in [0.5, 0.6) is 0 Å². The molecule has 124 heavy (non-hydrogen) atoms. The lowest BCUT2D eigenvalue weighted by Gasteiger charge is -2.26. The smallest absolute Gasteiger partial charge is 0.232 e. The summed E-state index contributed by atoms with van der Waals surface area (Å²) in [6.07, 6.45) is 10.0. The molecule has 0 fully saturated rings. The Morgan fingerprint density at radius 2 is 0.524 bits per heavy atom. The van der Waals surface area contributed by atoms with E-state index in [9.17, 15) is 40.9 Å². The molecule has 0 saturated carbocycles. The summed E-state index contributed by atoms with van der Waals surface area (Å²) in [6, 6.07) is 64.4. The molecule has 28 nitrogen and oxygen atoms in total. The van der Waals surface area contributed by atoms with Gasteiger partial charge in [0, 0.05) is 127 Å². The summed E-state index contributed by atoms with van der Waals surface area (Å²) in [4.78, 5) is 64.7. The monoisotopic (exact) mass is 1680 g/mol. The maximum Gasteiger partial charge on any atom is 0.232 e. The molecule has 0 aliphatic carbocycles. The molecule has 0 bridgehead atoms. The van der Waals surface area contributed by atoms with E-state index in [4.69, 9.17) is 54.8 Å². The lowest BCUT2D eigenvalue weighted by atomic mass is 10.0. The highest BCUT2D eigenvalue weighted by Crippen LogP contribution is 2.29. The van der Waals surface area contributed by atoms with Crippen molar-refractivity contribution in [1.29, 1.82) is 0 Å². The van der Waals surface area contributed by atoms with Crippen LogP contribution in [0.15, 0.2) is 194 Å². The van der Waals surface area contributed by atoms with Gasteiger partial charge in [-0.15, -0.1) is 0 Å². The third kappa shape index (κ3) is 29.3. The summed E-state index contributed by atoms with van der Waals surface area (Å²) in [5.74, 6) is 5.73. The highest BCUT2D eigenvalue weighted by Gasteiger charge is 2.23. The number of aliphatic hydroxyl groups excluding tert-OH is 8. The van der Waals surface area contributed by atoms with Crippen molar-refractivity contribution in [3.8, 4) is 0 Å². The first kappa shape index (κ1) is 92.1. The minimum absolute atomic E-state index is 0.0462. The van der Waals surface area contributed by atoms with E-state index < -0.39 is 24.4 Å². The number of benzene rings is 8. The van der Waals surface area contributed by atoms with Crippen LogP contribution in [0.25, 0.3) is 24.3 Å². The van der Waals surface area contributed by atoms with Gasteiger partial charge in [-0.2, -0.15) is 59.8 Å². The Kier molecular flexibility index (Phi) is 35.0. The molecule has 0 spiro atoms. The van der Waals surface area contributed by atoms with E-state index in [0.29, 0.717) is 148 Å². The van der Waals surface area contributed by atoms with E-state index in [2.05, 4.69) is 133 Å². The summed E-state index contributed by atoms with van der Waals surface area (Å²) in [5.41, 5.74) is 16.2. The van der Waals surface area contributed by atoms with Gasteiger partial charge in [-0.25, -0.2) is 0 Å². The summed E-state index contributed by atoms with van der Waals surface area (Å²) >= 11 is 0. The predicted molar refractivity (Wildman–Crippen MR) is 494 cm³/mol. The largest absolute Gasteiger partial charge is 0.396 e. The first-order valence-corrected chi connectivity index (χ1v) is 42.3. The molecule has 0 saturated heterocycles. The number of hydrogen-bond acceptors (Lipinski definition) is 28. The molecule has 28 heteroatoms. The average molecular weight is 1680 g/mol. The van der Waals surface area contributed by atoms with Gasteiger partial charge in [0.1, 0.15) is 23.3 Å². The molecule has 12 rings (SSSR count). The maximum atomic E-state index is 10.2. The van der Waals surface area contributed by atoms with Gasteiger partial charge in [0.2, 0.25) is 47.6 Å². The van der Waals surface area contributed by atoms with Gasteiger partial charge in [0.15, 0.2) is 0 Å². The number of rotatable bonds is 44. The van der Waals surface area contributed by atoms with Crippen LogP contribution in [0, 0.1) is 27.7 Å². The number of nitrogens with one attached hydrogen (secondary N) is 4. The second-order valence-corrected chi connectivity index (χ2v) is 31.1. The Balaban J connectivity index is 0.000000241. The summed E-state index contributed by atoms with van der Waals surface area (Å²) in [5, 5.41) is 92.5. The summed E-state index contributed by atoms with van der Waals surface area (Å²) < 4.78 is 0. The molecule has 12 N–H and O–H groups in total. The third-order valence-electron chi connectivity index (χ3n) is 19.9. The second-order valence-electron chi connectivity index (χ2n) is 31.1. The number of anilines is 12. The van der Waals surface area contributed by atoms with E-state index in [-0.39, 0.29) is 52.6 Å². The number of aromatic nitrogens is 12. The SMILES string of the molecule is Cc1cc(Cc2nc(Nc3ccccc3)nc(N(CC(C)O)CC(C)O)n2)ccc1/C=C/c1ccc(Nc2nc(Cc3ccccc3)nc(N(CC(C)O)CC(C)O)n2)cc1C.Cc1cc(Cc2nc(Nc3ccccc3)nc(N(CCCO)CCCO)n2)ccc1/C=C/c1ccc(Nc2nc(Cc3ccccc3)nc(N(CCCO)CCCO)n2)cc1C. The van der Waals surface area contributed by atoms with Crippen molar-refractivity contribution in [1.82, 2.24) is 59.8 Å². The number of para-hydroxylation sites is 2. The minimum Gasteiger partial charge on any atom is -0.396 e. The van der Waals surface area contributed by atoms with Crippen LogP contribution in [0.3, 0.4) is 0 Å². The van der Waals surface area contributed by atoms with Crippen LogP contribution in [0.2, 0.25) is 0 Å². The standard InChI is InChI=1S/2C48H58N10O4/c1-31-23-38(26-44-52-45(49-41-15-11-8-12-16-41)55-48(54-44)58(29-35(5)61)30-36(6)62)17-18-39(31)19-20-40-21-22-42(24-32(40)2)50-46-51-43(25-37-13-9-7-10-14-37)53-47(56-46)57(27-33(3)59)28-34(4)60;1-35-31-38(34-44-52-45(49-41-15-7-4-8-16-41)55-48(54-44)58(25-11-29-61)26-12-30-62)17-18-39(35)19-20-40-21-22-42(32-36(40)2)50-46-51-43(33-37-13-5-3-6-14-37)53-47(56-46)57(23-9-27-59)24-10-28-60/h7-24,33-36,59-62H,25-30H2,1-6H3,(H,49,52,54,55)(H,50,51,53,56);3-8,13-22,31-32,59-62H,9-12,23-30,33-34H2,1-2H3,(H,49,52,54,55)(H,50,51,53,56)/b2*20-19+. The summed E-state index contributed by atoms with van der Waals surface area (Å²) in [6.45, 7) is 18.5. The Hall–Kier alpha value is -12.6. The van der Waals surface area contributed by atoms with Crippen molar-refractivity contribution in [2.45, 2.75) is 131 Å². The lowest BCUT2D eigenvalue weighted by molar-refractivity contribution is 0.176. The van der Waals surface area contributed by atoms with Crippen LogP contribution in [-0.4, -0.2) is 204 Å². The van der Waals surface area contributed by atoms with Crippen molar-refractivity contribution in [2.24, 2.45) is 0 Å². The molecule has 0 aliphatic heterocycles. The zero-order chi connectivity index (χ0) is 87.7. The van der Waals surface area contributed by atoms with Crippen molar-refractivity contribution in [2.75, 3.05) is 120 Å².